The topological polar surface area (TPSA) is 67.2 Å². The number of aliphatic hydroxyl groups is 1. The number of carbonyl (C=O) groups is 1. The predicted octanol–water partition coefficient (Wildman–Crippen LogP) is 1.86. The van der Waals surface area contributed by atoms with E-state index >= 15 is 0 Å². The number of thioether (sulfide) groups is 1. The first-order valence-electron chi connectivity index (χ1n) is 6.86. The highest BCUT2D eigenvalue weighted by Gasteiger charge is 2.15. The van der Waals surface area contributed by atoms with Gasteiger partial charge in [0.15, 0.2) is 0 Å². The lowest BCUT2D eigenvalue weighted by Crippen LogP contribution is -2.37. The number of aromatic nitrogens is 2. The Hall–Kier alpha value is -1.86. The number of amides is 1. The molecule has 0 radical (unpaired) electrons. The molecule has 0 aliphatic carbocycles. The number of rotatable bonds is 7. The zero-order valence-electron chi connectivity index (χ0n) is 12.2. The number of benzene rings is 1. The molecule has 5 nitrogen and oxygen atoms in total. The summed E-state index contributed by atoms with van der Waals surface area (Å²) in [6, 6.07) is 6.12. The van der Waals surface area contributed by atoms with Gasteiger partial charge in [-0.2, -0.15) is 16.9 Å². The van der Waals surface area contributed by atoms with Crippen molar-refractivity contribution in [3.8, 4) is 5.69 Å². The lowest BCUT2D eigenvalue weighted by atomic mass is 10.2. The molecule has 1 amide bonds. The molecular weight excluding hydrogens is 305 g/mol. The van der Waals surface area contributed by atoms with Crippen molar-refractivity contribution in [1.82, 2.24) is 15.1 Å². The van der Waals surface area contributed by atoms with Crippen LogP contribution in [0.5, 0.6) is 0 Å². The van der Waals surface area contributed by atoms with Gasteiger partial charge in [-0.15, -0.1) is 0 Å². The molecule has 1 heterocycles. The van der Waals surface area contributed by atoms with Gasteiger partial charge in [0.25, 0.3) is 5.91 Å². The van der Waals surface area contributed by atoms with Crippen molar-refractivity contribution in [2.45, 2.75) is 12.5 Å². The Labute approximate surface area is 132 Å². The Morgan fingerprint density at radius 1 is 1.50 bits per heavy atom. The molecule has 0 fully saturated rings. The Morgan fingerprint density at radius 2 is 2.27 bits per heavy atom. The zero-order valence-corrected chi connectivity index (χ0v) is 13.0. The average molecular weight is 323 g/mol. The first kappa shape index (κ1) is 16.5. The molecule has 2 N–H and O–H groups in total. The highest BCUT2D eigenvalue weighted by molar-refractivity contribution is 7.98. The molecule has 118 valence electrons. The summed E-state index contributed by atoms with van der Waals surface area (Å²) in [6.07, 6.45) is 5.32. The summed E-state index contributed by atoms with van der Waals surface area (Å²) in [5.74, 6) is 0.0292. The molecule has 22 heavy (non-hydrogen) atoms. The molecule has 0 bridgehead atoms. The van der Waals surface area contributed by atoms with Gasteiger partial charge in [0, 0.05) is 24.6 Å². The van der Waals surface area contributed by atoms with Crippen molar-refractivity contribution < 1.29 is 14.3 Å². The molecule has 0 saturated heterocycles. The van der Waals surface area contributed by atoms with Crippen LogP contribution in [0, 0.1) is 5.82 Å². The number of nitrogens with zero attached hydrogens (tertiary/aromatic N) is 2. The fraction of sp³-hybridized carbons (Fsp3) is 0.333. The van der Waals surface area contributed by atoms with E-state index in [1.807, 2.05) is 6.26 Å². The van der Waals surface area contributed by atoms with Gasteiger partial charge in [0.2, 0.25) is 0 Å². The van der Waals surface area contributed by atoms with Gasteiger partial charge in [-0.3, -0.25) is 4.79 Å². The summed E-state index contributed by atoms with van der Waals surface area (Å²) in [7, 11) is 0. The van der Waals surface area contributed by atoms with Crippen LogP contribution in [0.15, 0.2) is 36.7 Å². The average Bonchev–Trinajstić information content (AvgIpc) is 2.98. The van der Waals surface area contributed by atoms with Gasteiger partial charge in [0.05, 0.1) is 11.8 Å². The SMILES string of the molecule is CSCC(CCO)NC(=O)c1cnn(-c2ccccc2F)c1. The second kappa shape index (κ2) is 7.95. The maximum atomic E-state index is 13.7. The van der Waals surface area contributed by atoms with Gasteiger partial charge in [0.1, 0.15) is 11.5 Å². The van der Waals surface area contributed by atoms with Crippen LogP contribution in [-0.4, -0.2) is 45.5 Å². The summed E-state index contributed by atoms with van der Waals surface area (Å²) < 4.78 is 15.0. The smallest absolute Gasteiger partial charge is 0.254 e. The second-order valence-corrected chi connectivity index (χ2v) is 5.67. The van der Waals surface area contributed by atoms with E-state index in [-0.39, 0.29) is 24.2 Å². The first-order chi connectivity index (χ1) is 10.7. The van der Waals surface area contributed by atoms with Crippen LogP contribution in [0.1, 0.15) is 16.8 Å². The van der Waals surface area contributed by atoms with E-state index in [0.29, 0.717) is 17.7 Å². The van der Waals surface area contributed by atoms with E-state index in [1.54, 1.807) is 30.0 Å². The minimum atomic E-state index is -0.405. The number of nitrogens with one attached hydrogen (secondary N) is 1. The summed E-state index contributed by atoms with van der Waals surface area (Å²) in [5.41, 5.74) is 0.643. The summed E-state index contributed by atoms with van der Waals surface area (Å²) in [5, 5.41) is 15.9. The van der Waals surface area contributed by atoms with Crippen molar-refractivity contribution in [2.24, 2.45) is 0 Å². The third kappa shape index (κ3) is 4.08. The van der Waals surface area contributed by atoms with Crippen molar-refractivity contribution in [3.63, 3.8) is 0 Å². The van der Waals surface area contributed by atoms with Gasteiger partial charge in [-0.1, -0.05) is 12.1 Å². The largest absolute Gasteiger partial charge is 0.396 e. The van der Waals surface area contributed by atoms with Crippen molar-refractivity contribution in [3.05, 3.63) is 48.0 Å². The maximum absolute atomic E-state index is 13.7. The molecule has 1 atom stereocenters. The van der Waals surface area contributed by atoms with E-state index in [9.17, 15) is 9.18 Å². The molecule has 1 unspecified atom stereocenters. The van der Waals surface area contributed by atoms with E-state index in [4.69, 9.17) is 5.11 Å². The van der Waals surface area contributed by atoms with E-state index in [2.05, 4.69) is 10.4 Å². The van der Waals surface area contributed by atoms with Crippen LogP contribution >= 0.6 is 11.8 Å². The molecule has 0 saturated carbocycles. The maximum Gasteiger partial charge on any atom is 0.254 e. The van der Waals surface area contributed by atoms with Crippen molar-refractivity contribution >= 4 is 17.7 Å². The predicted molar refractivity (Wildman–Crippen MR) is 84.9 cm³/mol. The van der Waals surface area contributed by atoms with Gasteiger partial charge in [-0.05, 0) is 24.8 Å². The van der Waals surface area contributed by atoms with Crippen LogP contribution in [0.3, 0.4) is 0 Å². The monoisotopic (exact) mass is 323 g/mol. The van der Waals surface area contributed by atoms with Gasteiger partial charge < -0.3 is 10.4 Å². The van der Waals surface area contributed by atoms with Crippen LogP contribution in [0.2, 0.25) is 0 Å². The molecule has 1 aromatic heterocycles. The Kier molecular flexibility index (Phi) is 5.97. The molecular formula is C15H18FN3O2S. The summed E-state index contributed by atoms with van der Waals surface area (Å²) in [4.78, 5) is 12.2. The summed E-state index contributed by atoms with van der Waals surface area (Å²) >= 11 is 1.59. The van der Waals surface area contributed by atoms with E-state index in [1.165, 1.54) is 23.1 Å². The van der Waals surface area contributed by atoms with Crippen LogP contribution in [-0.2, 0) is 0 Å². The van der Waals surface area contributed by atoms with E-state index < -0.39 is 5.82 Å². The highest BCUT2D eigenvalue weighted by Crippen LogP contribution is 2.13. The number of aliphatic hydroxyl groups excluding tert-OH is 1. The molecule has 1 aromatic carbocycles. The van der Waals surface area contributed by atoms with Crippen molar-refractivity contribution in [2.75, 3.05) is 18.6 Å². The van der Waals surface area contributed by atoms with Crippen LogP contribution in [0.4, 0.5) is 4.39 Å². The Bertz CT molecular complexity index is 627. The Morgan fingerprint density at radius 3 is 2.95 bits per heavy atom. The molecule has 0 aliphatic rings. The molecule has 0 aliphatic heterocycles. The quantitative estimate of drug-likeness (QED) is 0.816. The van der Waals surface area contributed by atoms with Gasteiger partial charge >= 0.3 is 0 Å². The highest BCUT2D eigenvalue weighted by atomic mass is 32.2. The Balaban J connectivity index is 2.10. The second-order valence-electron chi connectivity index (χ2n) is 4.76. The van der Waals surface area contributed by atoms with Crippen molar-refractivity contribution in [1.29, 1.82) is 0 Å². The zero-order chi connectivity index (χ0) is 15.9. The fourth-order valence-electron chi connectivity index (χ4n) is 2.03. The minimum Gasteiger partial charge on any atom is -0.396 e. The third-order valence-electron chi connectivity index (χ3n) is 3.12. The number of para-hydroxylation sites is 1. The molecule has 2 rings (SSSR count). The lowest BCUT2D eigenvalue weighted by molar-refractivity contribution is 0.0935. The number of hydrogen-bond donors (Lipinski definition) is 2. The molecule has 2 aromatic rings. The first-order valence-corrected chi connectivity index (χ1v) is 8.25. The van der Waals surface area contributed by atoms with Crippen LogP contribution < -0.4 is 5.32 Å². The third-order valence-corrected chi connectivity index (χ3v) is 3.86. The normalized spacial score (nSPS) is 12.1. The number of carbonyl (C=O) groups excluding carboxylic acids is 1. The lowest BCUT2D eigenvalue weighted by Gasteiger charge is -2.15. The molecule has 0 spiro atoms. The number of hydrogen-bond acceptors (Lipinski definition) is 4. The van der Waals surface area contributed by atoms with E-state index in [0.717, 1.165) is 0 Å². The summed E-state index contributed by atoms with van der Waals surface area (Å²) in [6.45, 7) is 0.0139. The van der Waals surface area contributed by atoms with Gasteiger partial charge in [-0.25, -0.2) is 9.07 Å². The fourth-order valence-corrected chi connectivity index (χ4v) is 2.68. The molecule has 7 heteroatoms. The minimum absolute atomic E-state index is 0.0139. The van der Waals surface area contributed by atoms with Crippen LogP contribution in [0.25, 0.3) is 5.69 Å². The standard InChI is InChI=1S/C15H18FN3O2S/c1-22-10-12(6-7-20)18-15(21)11-8-17-19(9-11)14-5-3-2-4-13(14)16/h2-5,8-9,12,20H,6-7,10H2,1H3,(H,18,21). The number of halogens is 1.